The Balaban J connectivity index is 2.13. The standard InChI is InChI=1S/C15H26N2O3/c1-14(2,3)12-13(19)16-8-11(18)17(12)9-10-6-7-15(4,5)20-10/h10,12H,6-9H2,1-5H3,(H,16,19). The van der Waals surface area contributed by atoms with Crippen LogP contribution in [0, 0.1) is 5.41 Å². The lowest BCUT2D eigenvalue weighted by atomic mass is 9.83. The number of hydrogen-bond donors (Lipinski definition) is 1. The van der Waals surface area contributed by atoms with Crippen molar-refractivity contribution < 1.29 is 14.3 Å². The van der Waals surface area contributed by atoms with Gasteiger partial charge in [-0.1, -0.05) is 20.8 Å². The van der Waals surface area contributed by atoms with Crippen LogP contribution in [0.2, 0.25) is 0 Å². The molecule has 2 aliphatic rings. The van der Waals surface area contributed by atoms with Gasteiger partial charge in [-0.15, -0.1) is 0 Å². The Labute approximate surface area is 121 Å². The molecule has 2 saturated heterocycles. The Morgan fingerprint density at radius 1 is 1.35 bits per heavy atom. The molecule has 0 aromatic rings. The number of hydrogen-bond acceptors (Lipinski definition) is 3. The van der Waals surface area contributed by atoms with Gasteiger partial charge in [-0.3, -0.25) is 9.59 Å². The third kappa shape index (κ3) is 3.14. The van der Waals surface area contributed by atoms with Gasteiger partial charge in [-0.25, -0.2) is 0 Å². The minimum atomic E-state index is -0.420. The van der Waals surface area contributed by atoms with Gasteiger partial charge in [0, 0.05) is 6.54 Å². The SMILES string of the molecule is CC1(C)CCC(CN2C(=O)CNC(=O)C2C(C)(C)C)O1. The normalized spacial score (nSPS) is 30.6. The van der Waals surface area contributed by atoms with E-state index in [1.807, 2.05) is 20.8 Å². The molecule has 2 rings (SSSR count). The number of ether oxygens (including phenoxy) is 1. The molecule has 5 heteroatoms. The highest BCUT2D eigenvalue weighted by Crippen LogP contribution is 2.32. The van der Waals surface area contributed by atoms with Crippen LogP contribution in [0.5, 0.6) is 0 Å². The summed E-state index contributed by atoms with van der Waals surface area (Å²) in [4.78, 5) is 26.1. The minimum Gasteiger partial charge on any atom is -0.371 e. The molecular formula is C15H26N2O3. The van der Waals surface area contributed by atoms with Crippen LogP contribution in [-0.2, 0) is 14.3 Å². The summed E-state index contributed by atoms with van der Waals surface area (Å²) in [6, 6.07) is -0.420. The molecule has 2 fully saturated rings. The van der Waals surface area contributed by atoms with Crippen LogP contribution in [0.25, 0.3) is 0 Å². The second-order valence-corrected chi connectivity index (χ2v) is 7.57. The van der Waals surface area contributed by atoms with Gasteiger partial charge < -0.3 is 15.0 Å². The molecule has 2 aliphatic heterocycles. The van der Waals surface area contributed by atoms with E-state index in [0.29, 0.717) is 6.54 Å². The maximum absolute atomic E-state index is 12.2. The first kappa shape index (κ1) is 15.3. The molecule has 0 aliphatic carbocycles. The lowest BCUT2D eigenvalue weighted by Gasteiger charge is -2.43. The van der Waals surface area contributed by atoms with Crippen LogP contribution in [0.1, 0.15) is 47.5 Å². The second-order valence-electron chi connectivity index (χ2n) is 7.57. The molecule has 1 N–H and O–H groups in total. The summed E-state index contributed by atoms with van der Waals surface area (Å²) in [5.41, 5.74) is -0.405. The maximum atomic E-state index is 12.2. The van der Waals surface area contributed by atoms with Crippen molar-refractivity contribution in [3.63, 3.8) is 0 Å². The summed E-state index contributed by atoms with van der Waals surface area (Å²) in [5, 5.41) is 2.69. The Kier molecular flexibility index (Phi) is 3.84. The van der Waals surface area contributed by atoms with Gasteiger partial charge in [0.05, 0.1) is 18.2 Å². The summed E-state index contributed by atoms with van der Waals surface area (Å²) in [7, 11) is 0. The lowest BCUT2D eigenvalue weighted by molar-refractivity contribution is -0.152. The van der Waals surface area contributed by atoms with Gasteiger partial charge in [-0.2, -0.15) is 0 Å². The zero-order valence-corrected chi connectivity index (χ0v) is 13.2. The fourth-order valence-corrected chi connectivity index (χ4v) is 3.14. The van der Waals surface area contributed by atoms with E-state index in [4.69, 9.17) is 4.74 Å². The first-order valence-electron chi connectivity index (χ1n) is 7.35. The second kappa shape index (κ2) is 5.02. The number of nitrogens with zero attached hydrogens (tertiary/aromatic N) is 1. The highest BCUT2D eigenvalue weighted by atomic mass is 16.5. The van der Waals surface area contributed by atoms with Gasteiger partial charge in [0.15, 0.2) is 0 Å². The molecular weight excluding hydrogens is 256 g/mol. The van der Waals surface area contributed by atoms with Gasteiger partial charge >= 0.3 is 0 Å². The highest BCUT2D eigenvalue weighted by molar-refractivity contribution is 5.95. The summed E-state index contributed by atoms with van der Waals surface area (Å²) < 4.78 is 5.97. The predicted molar refractivity (Wildman–Crippen MR) is 76.2 cm³/mol. The summed E-state index contributed by atoms with van der Waals surface area (Å²) in [5.74, 6) is -0.0767. The molecule has 0 aromatic carbocycles. The monoisotopic (exact) mass is 282 g/mol. The van der Waals surface area contributed by atoms with E-state index in [0.717, 1.165) is 12.8 Å². The van der Waals surface area contributed by atoms with Crippen LogP contribution >= 0.6 is 0 Å². The third-order valence-corrected chi connectivity index (χ3v) is 4.07. The topological polar surface area (TPSA) is 58.6 Å². The van der Waals surface area contributed by atoms with Crippen molar-refractivity contribution in [2.45, 2.75) is 65.2 Å². The molecule has 0 spiro atoms. The predicted octanol–water partition coefficient (Wildman–Crippen LogP) is 1.32. The zero-order chi connectivity index (χ0) is 15.1. The van der Waals surface area contributed by atoms with Gasteiger partial charge in [0.1, 0.15) is 6.04 Å². The van der Waals surface area contributed by atoms with Crippen LogP contribution < -0.4 is 5.32 Å². The van der Waals surface area contributed by atoms with Gasteiger partial charge in [-0.05, 0) is 32.1 Å². The first-order chi connectivity index (χ1) is 9.10. The van der Waals surface area contributed by atoms with Crippen LogP contribution in [0.15, 0.2) is 0 Å². The fraction of sp³-hybridized carbons (Fsp3) is 0.867. The van der Waals surface area contributed by atoms with Gasteiger partial charge in [0.2, 0.25) is 11.8 Å². The number of carbonyl (C=O) groups excluding carboxylic acids is 2. The Bertz CT molecular complexity index is 412. The van der Waals surface area contributed by atoms with E-state index >= 15 is 0 Å². The smallest absolute Gasteiger partial charge is 0.243 e. The average Bonchev–Trinajstić information content (AvgIpc) is 2.61. The number of nitrogens with one attached hydrogen (secondary N) is 1. The largest absolute Gasteiger partial charge is 0.371 e. The first-order valence-corrected chi connectivity index (χ1v) is 7.35. The third-order valence-electron chi connectivity index (χ3n) is 4.07. The molecule has 2 unspecified atom stereocenters. The van der Waals surface area contributed by atoms with Crippen molar-refractivity contribution in [3.05, 3.63) is 0 Å². The Morgan fingerprint density at radius 2 is 2.00 bits per heavy atom. The van der Waals surface area contributed by atoms with E-state index < -0.39 is 6.04 Å². The van der Waals surface area contributed by atoms with Crippen LogP contribution in [-0.4, -0.2) is 47.6 Å². The molecule has 0 saturated carbocycles. The molecule has 114 valence electrons. The summed E-state index contributed by atoms with van der Waals surface area (Å²) in [6.07, 6.45) is 1.96. The van der Waals surface area contributed by atoms with Crippen molar-refractivity contribution in [3.8, 4) is 0 Å². The molecule has 2 heterocycles. The van der Waals surface area contributed by atoms with E-state index in [9.17, 15) is 9.59 Å². The van der Waals surface area contributed by atoms with E-state index in [1.165, 1.54) is 0 Å². The van der Waals surface area contributed by atoms with Crippen molar-refractivity contribution in [2.24, 2.45) is 5.41 Å². The number of rotatable bonds is 2. The van der Waals surface area contributed by atoms with Crippen molar-refractivity contribution in [2.75, 3.05) is 13.1 Å². The number of amides is 2. The van der Waals surface area contributed by atoms with Crippen molar-refractivity contribution in [1.29, 1.82) is 0 Å². The van der Waals surface area contributed by atoms with Crippen LogP contribution in [0.3, 0.4) is 0 Å². The molecule has 20 heavy (non-hydrogen) atoms. The molecule has 5 nitrogen and oxygen atoms in total. The van der Waals surface area contributed by atoms with E-state index in [-0.39, 0.29) is 35.5 Å². The molecule has 2 atom stereocenters. The minimum absolute atomic E-state index is 0.0159. The van der Waals surface area contributed by atoms with E-state index in [1.54, 1.807) is 4.90 Å². The van der Waals surface area contributed by atoms with Gasteiger partial charge in [0.25, 0.3) is 0 Å². The lowest BCUT2D eigenvalue weighted by Crippen LogP contribution is -2.63. The Hall–Kier alpha value is -1.10. The summed E-state index contributed by atoms with van der Waals surface area (Å²) >= 11 is 0. The molecule has 0 bridgehead atoms. The molecule has 2 amide bonds. The average molecular weight is 282 g/mol. The summed E-state index contributed by atoms with van der Waals surface area (Å²) in [6.45, 7) is 10.7. The molecule has 0 aromatic heterocycles. The van der Waals surface area contributed by atoms with Crippen LogP contribution in [0.4, 0.5) is 0 Å². The highest BCUT2D eigenvalue weighted by Gasteiger charge is 2.44. The van der Waals surface area contributed by atoms with Crippen molar-refractivity contribution >= 4 is 11.8 Å². The number of piperazine rings is 1. The van der Waals surface area contributed by atoms with Crippen molar-refractivity contribution in [1.82, 2.24) is 10.2 Å². The number of carbonyl (C=O) groups is 2. The van der Waals surface area contributed by atoms with E-state index in [2.05, 4.69) is 19.2 Å². The fourth-order valence-electron chi connectivity index (χ4n) is 3.14. The molecule has 0 radical (unpaired) electrons. The zero-order valence-electron chi connectivity index (χ0n) is 13.2. The maximum Gasteiger partial charge on any atom is 0.243 e. The Morgan fingerprint density at radius 3 is 2.50 bits per heavy atom. The quantitative estimate of drug-likeness (QED) is 0.831.